The Hall–Kier alpha value is -3.08. The fourth-order valence-electron chi connectivity index (χ4n) is 4.73. The Labute approximate surface area is 216 Å². The van der Waals surface area contributed by atoms with Crippen molar-refractivity contribution in [3.63, 3.8) is 0 Å². The molecule has 5 heteroatoms. The van der Waals surface area contributed by atoms with Crippen LogP contribution in [0.15, 0.2) is 48.1 Å². The highest BCUT2D eigenvalue weighted by atomic mass is 16.2. The smallest absolute Gasteiger partial charge is 0.243 e. The molecule has 0 spiro atoms. The summed E-state index contributed by atoms with van der Waals surface area (Å²) in [6.07, 6.45) is 8.53. The molecule has 2 heterocycles. The summed E-state index contributed by atoms with van der Waals surface area (Å²) in [5, 5.41) is 7.05. The number of nitrogens with one attached hydrogen (secondary N) is 3. The number of aromatic amines is 1. The quantitative estimate of drug-likeness (QED) is 0.388. The van der Waals surface area contributed by atoms with Crippen LogP contribution in [0.2, 0.25) is 0 Å². The van der Waals surface area contributed by atoms with Crippen LogP contribution in [0.25, 0.3) is 10.9 Å². The molecule has 2 atom stereocenters. The number of carbonyl (C=O) groups is 2. The molecule has 3 rings (SSSR count). The molecule has 2 aromatic rings. The zero-order valence-corrected chi connectivity index (χ0v) is 23.3. The van der Waals surface area contributed by atoms with E-state index in [0.29, 0.717) is 6.42 Å². The van der Waals surface area contributed by atoms with Crippen LogP contribution in [-0.4, -0.2) is 28.9 Å². The van der Waals surface area contributed by atoms with Gasteiger partial charge in [-0.3, -0.25) is 9.59 Å². The third-order valence-corrected chi connectivity index (χ3v) is 7.08. The fourth-order valence-corrected chi connectivity index (χ4v) is 4.73. The van der Waals surface area contributed by atoms with Crippen LogP contribution < -0.4 is 10.6 Å². The maximum atomic E-state index is 13.1. The average molecular weight is 490 g/mol. The van der Waals surface area contributed by atoms with Crippen LogP contribution in [0.3, 0.4) is 0 Å². The lowest BCUT2D eigenvalue weighted by Crippen LogP contribution is -2.63. The molecule has 1 aromatic heterocycles. The summed E-state index contributed by atoms with van der Waals surface area (Å²) >= 11 is 0. The Balaban J connectivity index is 2.18. The molecule has 1 fully saturated rings. The summed E-state index contributed by atoms with van der Waals surface area (Å²) in [4.78, 5) is 29.6. The van der Waals surface area contributed by atoms with Gasteiger partial charge in [0.1, 0.15) is 12.1 Å². The number of rotatable bonds is 9. The second-order valence-corrected chi connectivity index (χ2v) is 11.5. The van der Waals surface area contributed by atoms with Crippen molar-refractivity contribution in [2.24, 2.45) is 5.92 Å². The van der Waals surface area contributed by atoms with E-state index in [1.54, 1.807) is 0 Å². The zero-order valence-electron chi connectivity index (χ0n) is 23.3. The summed E-state index contributed by atoms with van der Waals surface area (Å²) in [6.45, 7) is 20.7. The molecular formula is C31H43N3O2. The maximum absolute atomic E-state index is 13.1. The van der Waals surface area contributed by atoms with E-state index in [-0.39, 0.29) is 23.1 Å². The van der Waals surface area contributed by atoms with Gasteiger partial charge in [-0.05, 0) is 69.2 Å². The van der Waals surface area contributed by atoms with E-state index in [1.165, 1.54) is 22.3 Å². The van der Waals surface area contributed by atoms with Gasteiger partial charge in [-0.2, -0.15) is 0 Å². The lowest BCUT2D eigenvalue weighted by Gasteiger charge is -2.32. The highest BCUT2D eigenvalue weighted by Crippen LogP contribution is 2.36. The minimum Gasteiger partial charge on any atom is -0.357 e. The molecule has 1 saturated heterocycles. The standard InChI is InChI=1S/C31H43N3O2/c1-10-31(8,9)28-24(17-25-29(35)34-26(20(6)7)30(36)32-25)23-16-21(13-11-18(2)3)15-22(27(23)33-28)14-12-19(4)5/h10-12,15-16,20,25-26,33H,1,13-14,17H2,2-9H3,(H,32,36)(H,34,35). The Kier molecular flexibility index (Phi) is 8.33. The van der Waals surface area contributed by atoms with Crippen LogP contribution in [0.4, 0.5) is 0 Å². The van der Waals surface area contributed by atoms with Gasteiger partial charge in [0.15, 0.2) is 0 Å². The number of benzene rings is 1. The molecular weight excluding hydrogens is 446 g/mol. The van der Waals surface area contributed by atoms with Crippen molar-refractivity contribution in [1.29, 1.82) is 0 Å². The van der Waals surface area contributed by atoms with Gasteiger partial charge in [-0.25, -0.2) is 0 Å². The number of fused-ring (bicyclic) bond motifs is 1. The number of carbonyl (C=O) groups excluding carboxylic acids is 2. The van der Waals surface area contributed by atoms with E-state index in [9.17, 15) is 9.59 Å². The number of H-pyrrole nitrogens is 1. The van der Waals surface area contributed by atoms with Gasteiger partial charge in [0.25, 0.3) is 0 Å². The second kappa shape index (κ2) is 10.9. The van der Waals surface area contributed by atoms with E-state index in [1.807, 2.05) is 19.9 Å². The normalized spacial score (nSPS) is 18.1. The number of hydrogen-bond acceptors (Lipinski definition) is 2. The third kappa shape index (κ3) is 6.00. The van der Waals surface area contributed by atoms with Gasteiger partial charge in [0.05, 0.1) is 0 Å². The monoisotopic (exact) mass is 489 g/mol. The van der Waals surface area contributed by atoms with Gasteiger partial charge in [0.2, 0.25) is 11.8 Å². The van der Waals surface area contributed by atoms with Crippen molar-refractivity contribution in [3.05, 3.63) is 70.5 Å². The third-order valence-electron chi connectivity index (χ3n) is 7.08. The van der Waals surface area contributed by atoms with Crippen molar-refractivity contribution in [2.75, 3.05) is 0 Å². The number of aromatic nitrogens is 1. The minimum absolute atomic E-state index is 0.0357. The van der Waals surface area contributed by atoms with Crippen molar-refractivity contribution >= 4 is 22.7 Å². The van der Waals surface area contributed by atoms with E-state index in [2.05, 4.69) is 88.0 Å². The van der Waals surface area contributed by atoms with Gasteiger partial charge >= 0.3 is 0 Å². The summed E-state index contributed by atoms with van der Waals surface area (Å²) in [5.74, 6) is -0.212. The molecule has 0 aliphatic carbocycles. The number of amides is 2. The predicted molar refractivity (Wildman–Crippen MR) is 150 cm³/mol. The van der Waals surface area contributed by atoms with Gasteiger partial charge in [-0.1, -0.05) is 63.1 Å². The van der Waals surface area contributed by atoms with E-state index < -0.39 is 12.1 Å². The van der Waals surface area contributed by atoms with E-state index in [4.69, 9.17) is 0 Å². The second-order valence-electron chi connectivity index (χ2n) is 11.5. The molecule has 2 unspecified atom stereocenters. The molecule has 0 saturated carbocycles. The highest BCUT2D eigenvalue weighted by molar-refractivity contribution is 5.98. The molecule has 194 valence electrons. The largest absolute Gasteiger partial charge is 0.357 e. The lowest BCUT2D eigenvalue weighted by molar-refractivity contribution is -0.137. The first kappa shape index (κ1) is 27.5. The fraction of sp³-hybridized carbons (Fsp3) is 0.484. The molecule has 3 N–H and O–H groups in total. The Morgan fingerprint density at radius 2 is 1.64 bits per heavy atom. The molecule has 1 aliphatic rings. The van der Waals surface area contributed by atoms with Crippen molar-refractivity contribution in [3.8, 4) is 0 Å². The molecule has 0 radical (unpaired) electrons. The van der Waals surface area contributed by atoms with Crippen molar-refractivity contribution < 1.29 is 9.59 Å². The van der Waals surface area contributed by atoms with E-state index in [0.717, 1.165) is 35.0 Å². The van der Waals surface area contributed by atoms with Gasteiger partial charge in [-0.15, -0.1) is 6.58 Å². The molecule has 36 heavy (non-hydrogen) atoms. The zero-order chi connectivity index (χ0) is 26.8. The Bertz CT molecular complexity index is 1220. The highest BCUT2D eigenvalue weighted by Gasteiger charge is 2.37. The first-order chi connectivity index (χ1) is 16.8. The molecule has 5 nitrogen and oxygen atoms in total. The first-order valence-electron chi connectivity index (χ1n) is 13.0. The van der Waals surface area contributed by atoms with Crippen LogP contribution in [-0.2, 0) is 34.3 Å². The van der Waals surface area contributed by atoms with E-state index >= 15 is 0 Å². The minimum atomic E-state index is -0.617. The molecule has 1 aliphatic heterocycles. The van der Waals surface area contributed by atoms with Crippen LogP contribution in [0.5, 0.6) is 0 Å². The van der Waals surface area contributed by atoms with Crippen molar-refractivity contribution in [2.45, 2.75) is 92.2 Å². The topological polar surface area (TPSA) is 74.0 Å². The number of piperazine rings is 1. The lowest BCUT2D eigenvalue weighted by atomic mass is 9.84. The summed E-state index contributed by atoms with van der Waals surface area (Å²) in [5.41, 5.74) is 7.89. The SMILES string of the molecule is C=CC(C)(C)c1[nH]c2c(CC=C(C)C)cc(CC=C(C)C)cc2c1CC1NC(=O)C(C(C)C)NC1=O. The Morgan fingerprint density at radius 3 is 2.22 bits per heavy atom. The van der Waals surface area contributed by atoms with Gasteiger partial charge in [0, 0.05) is 28.4 Å². The van der Waals surface area contributed by atoms with Crippen molar-refractivity contribution in [1.82, 2.24) is 15.6 Å². The molecule has 1 aromatic carbocycles. The summed E-state index contributed by atoms with van der Waals surface area (Å²) in [6, 6.07) is 3.42. The molecule has 0 bridgehead atoms. The van der Waals surface area contributed by atoms with Crippen LogP contribution >= 0.6 is 0 Å². The number of allylic oxidation sites excluding steroid dienone is 5. The molecule has 2 amide bonds. The maximum Gasteiger partial charge on any atom is 0.243 e. The average Bonchev–Trinajstić information content (AvgIpc) is 3.17. The number of hydrogen-bond donors (Lipinski definition) is 3. The van der Waals surface area contributed by atoms with Crippen LogP contribution in [0, 0.1) is 5.92 Å². The first-order valence-corrected chi connectivity index (χ1v) is 13.0. The predicted octanol–water partition coefficient (Wildman–Crippen LogP) is 5.83. The summed E-state index contributed by atoms with van der Waals surface area (Å²) in [7, 11) is 0. The summed E-state index contributed by atoms with van der Waals surface area (Å²) < 4.78 is 0. The van der Waals surface area contributed by atoms with Gasteiger partial charge < -0.3 is 15.6 Å². The van der Waals surface area contributed by atoms with Crippen LogP contribution in [0.1, 0.15) is 77.8 Å². The Morgan fingerprint density at radius 1 is 1.00 bits per heavy atom.